The molecule has 2 aromatic heterocycles. The smallest absolute Gasteiger partial charge is 0.326 e. The minimum atomic E-state index is -0.819. The Balaban J connectivity index is 1.41. The third-order valence-electron chi connectivity index (χ3n) is 5.69. The van der Waals surface area contributed by atoms with E-state index in [4.69, 9.17) is 9.26 Å². The van der Waals surface area contributed by atoms with Crippen LogP contribution in [0.3, 0.4) is 0 Å². The Kier molecular flexibility index (Phi) is 5.41. The van der Waals surface area contributed by atoms with Gasteiger partial charge in [-0.05, 0) is 49.7 Å². The van der Waals surface area contributed by atoms with Crippen molar-refractivity contribution in [3.8, 4) is 11.4 Å². The van der Waals surface area contributed by atoms with Gasteiger partial charge in [0.2, 0.25) is 5.82 Å². The standard InChI is InChI=1S/C26H20FN3O4/c1-15-11-12-17(13-20(15)27)25-28-26(34-29-25)16(2)33-23(31)14-30-21-9-5-3-7-18(21)24(32)19-8-4-6-10-22(19)30/h3-13,16H,14H2,1-2H3. The summed E-state index contributed by atoms with van der Waals surface area (Å²) in [6.45, 7) is 3.17. The van der Waals surface area contributed by atoms with E-state index in [-0.39, 0.29) is 29.5 Å². The number of carbonyl (C=O) groups excluding carboxylic acids is 1. The molecule has 0 saturated heterocycles. The molecular formula is C26H20FN3O4. The fourth-order valence-electron chi connectivity index (χ4n) is 3.91. The number of nitrogens with zero attached hydrogens (tertiary/aromatic N) is 3. The number of carbonyl (C=O) groups is 1. The highest BCUT2D eigenvalue weighted by molar-refractivity contribution is 5.94. The second kappa shape index (κ2) is 8.55. The van der Waals surface area contributed by atoms with Crippen LogP contribution in [-0.4, -0.2) is 20.7 Å². The first kappa shape index (κ1) is 21.5. The highest BCUT2D eigenvalue weighted by Crippen LogP contribution is 2.24. The number of esters is 1. The number of rotatable bonds is 5. The van der Waals surface area contributed by atoms with Crippen molar-refractivity contribution in [2.45, 2.75) is 26.5 Å². The number of ether oxygens (including phenoxy) is 1. The van der Waals surface area contributed by atoms with Crippen LogP contribution in [0.1, 0.15) is 24.5 Å². The lowest BCUT2D eigenvalue weighted by Gasteiger charge is -2.15. The number of halogens is 1. The second-order valence-corrected chi connectivity index (χ2v) is 8.00. The molecule has 0 saturated carbocycles. The number of hydrogen-bond acceptors (Lipinski definition) is 6. The SMILES string of the molecule is Cc1ccc(-c2noc(C(C)OC(=O)Cn3c4ccccc4c(=O)c4ccccc43)n2)cc1F. The van der Waals surface area contributed by atoms with E-state index in [0.29, 0.717) is 32.9 Å². The molecule has 5 aromatic rings. The largest absolute Gasteiger partial charge is 0.451 e. The molecule has 0 aliphatic heterocycles. The summed E-state index contributed by atoms with van der Waals surface area (Å²) in [6, 6.07) is 18.9. The second-order valence-electron chi connectivity index (χ2n) is 8.00. The number of benzene rings is 3. The summed E-state index contributed by atoms with van der Waals surface area (Å²) in [5.41, 5.74) is 2.16. The van der Waals surface area contributed by atoms with Crippen molar-refractivity contribution in [1.29, 1.82) is 0 Å². The molecule has 0 radical (unpaired) electrons. The van der Waals surface area contributed by atoms with Crippen LogP contribution < -0.4 is 5.43 Å². The van der Waals surface area contributed by atoms with Gasteiger partial charge in [-0.2, -0.15) is 4.98 Å². The Labute approximate surface area is 193 Å². The van der Waals surface area contributed by atoms with Gasteiger partial charge in [-0.1, -0.05) is 41.6 Å². The minimum Gasteiger partial charge on any atom is -0.451 e. The van der Waals surface area contributed by atoms with E-state index < -0.39 is 12.1 Å². The van der Waals surface area contributed by atoms with Crippen molar-refractivity contribution in [2.75, 3.05) is 0 Å². The van der Waals surface area contributed by atoms with E-state index in [1.165, 1.54) is 6.07 Å². The fourth-order valence-corrected chi connectivity index (χ4v) is 3.91. The van der Waals surface area contributed by atoms with Crippen molar-refractivity contribution < 1.29 is 18.4 Å². The lowest BCUT2D eigenvalue weighted by molar-refractivity contribution is -0.150. The van der Waals surface area contributed by atoms with Gasteiger partial charge in [0.25, 0.3) is 5.89 Å². The molecule has 7 nitrogen and oxygen atoms in total. The van der Waals surface area contributed by atoms with Gasteiger partial charge in [-0.3, -0.25) is 9.59 Å². The van der Waals surface area contributed by atoms with E-state index in [9.17, 15) is 14.0 Å². The number of hydrogen-bond donors (Lipinski definition) is 0. The van der Waals surface area contributed by atoms with Crippen LogP contribution in [0, 0.1) is 12.7 Å². The predicted octanol–water partition coefficient (Wildman–Crippen LogP) is 4.96. The van der Waals surface area contributed by atoms with Crippen LogP contribution in [-0.2, 0) is 16.1 Å². The Morgan fingerprint density at radius 1 is 1.06 bits per heavy atom. The van der Waals surface area contributed by atoms with Gasteiger partial charge in [-0.15, -0.1) is 0 Å². The first-order valence-electron chi connectivity index (χ1n) is 10.7. The molecule has 34 heavy (non-hydrogen) atoms. The summed E-state index contributed by atoms with van der Waals surface area (Å²) >= 11 is 0. The molecule has 0 spiro atoms. The van der Waals surface area contributed by atoms with Crippen molar-refractivity contribution in [3.63, 3.8) is 0 Å². The summed E-state index contributed by atoms with van der Waals surface area (Å²) in [5, 5.41) is 4.92. The average Bonchev–Trinajstić information content (AvgIpc) is 3.34. The Hall–Kier alpha value is -4.33. The van der Waals surface area contributed by atoms with Crippen LogP contribution in [0.4, 0.5) is 4.39 Å². The van der Waals surface area contributed by atoms with Crippen LogP contribution in [0.25, 0.3) is 33.2 Å². The quantitative estimate of drug-likeness (QED) is 0.274. The molecule has 1 atom stereocenters. The van der Waals surface area contributed by atoms with E-state index >= 15 is 0 Å². The van der Waals surface area contributed by atoms with Gasteiger partial charge in [-0.25, -0.2) is 4.39 Å². The Morgan fingerprint density at radius 3 is 2.35 bits per heavy atom. The first-order chi connectivity index (χ1) is 16.4. The van der Waals surface area contributed by atoms with Crippen LogP contribution in [0.5, 0.6) is 0 Å². The van der Waals surface area contributed by atoms with Crippen molar-refractivity contribution in [1.82, 2.24) is 14.7 Å². The number of aromatic nitrogens is 3. The average molecular weight is 457 g/mol. The van der Waals surface area contributed by atoms with Gasteiger partial charge in [0.05, 0.1) is 11.0 Å². The number of para-hydroxylation sites is 2. The van der Waals surface area contributed by atoms with E-state index in [0.717, 1.165) is 0 Å². The summed E-state index contributed by atoms with van der Waals surface area (Å²) in [5.74, 6) is -0.607. The zero-order valence-electron chi connectivity index (χ0n) is 18.5. The lowest BCUT2D eigenvalue weighted by Crippen LogP contribution is -2.19. The van der Waals surface area contributed by atoms with Gasteiger partial charge < -0.3 is 13.8 Å². The van der Waals surface area contributed by atoms with Crippen LogP contribution in [0.15, 0.2) is 76.0 Å². The number of aryl methyl sites for hydroxylation is 1. The maximum atomic E-state index is 13.9. The molecule has 8 heteroatoms. The van der Waals surface area contributed by atoms with Crippen molar-refractivity contribution in [3.05, 3.63) is 94.2 Å². The van der Waals surface area contributed by atoms with Gasteiger partial charge >= 0.3 is 5.97 Å². The third-order valence-corrected chi connectivity index (χ3v) is 5.69. The number of pyridine rings is 1. The predicted molar refractivity (Wildman–Crippen MR) is 125 cm³/mol. The zero-order chi connectivity index (χ0) is 23.8. The lowest BCUT2D eigenvalue weighted by atomic mass is 10.1. The van der Waals surface area contributed by atoms with Gasteiger partial charge in [0.15, 0.2) is 11.5 Å². The molecule has 170 valence electrons. The van der Waals surface area contributed by atoms with Gasteiger partial charge in [0.1, 0.15) is 12.4 Å². The van der Waals surface area contributed by atoms with E-state index in [1.54, 1.807) is 66.9 Å². The fraction of sp³-hybridized carbons (Fsp3) is 0.154. The Bertz CT molecular complexity index is 1550. The summed E-state index contributed by atoms with van der Waals surface area (Å²) < 4.78 is 26.4. The van der Waals surface area contributed by atoms with E-state index in [1.807, 2.05) is 12.1 Å². The third kappa shape index (κ3) is 3.83. The van der Waals surface area contributed by atoms with Crippen LogP contribution >= 0.6 is 0 Å². The minimum absolute atomic E-state index is 0.0879. The van der Waals surface area contributed by atoms with Crippen molar-refractivity contribution >= 4 is 27.8 Å². The summed E-state index contributed by atoms with van der Waals surface area (Å²) in [6.07, 6.45) is -0.819. The molecule has 0 aliphatic carbocycles. The van der Waals surface area contributed by atoms with Gasteiger partial charge in [0, 0.05) is 16.3 Å². The molecule has 5 rings (SSSR count). The highest BCUT2D eigenvalue weighted by Gasteiger charge is 2.21. The maximum Gasteiger partial charge on any atom is 0.326 e. The molecule has 2 heterocycles. The molecule has 3 aromatic carbocycles. The van der Waals surface area contributed by atoms with Crippen LogP contribution in [0.2, 0.25) is 0 Å². The molecular weight excluding hydrogens is 437 g/mol. The Morgan fingerprint density at radius 2 is 1.71 bits per heavy atom. The van der Waals surface area contributed by atoms with Crippen molar-refractivity contribution in [2.24, 2.45) is 0 Å². The summed E-state index contributed by atoms with van der Waals surface area (Å²) in [4.78, 5) is 30.0. The first-order valence-corrected chi connectivity index (χ1v) is 10.7. The molecule has 0 bridgehead atoms. The molecule has 0 fully saturated rings. The summed E-state index contributed by atoms with van der Waals surface area (Å²) in [7, 11) is 0. The number of fused-ring (bicyclic) bond motifs is 2. The molecule has 0 N–H and O–H groups in total. The normalized spacial score (nSPS) is 12.2. The highest BCUT2D eigenvalue weighted by atomic mass is 19.1. The molecule has 0 amide bonds. The topological polar surface area (TPSA) is 87.2 Å². The zero-order valence-corrected chi connectivity index (χ0v) is 18.5. The molecule has 1 unspecified atom stereocenters. The monoisotopic (exact) mass is 457 g/mol. The molecule has 0 aliphatic rings. The van der Waals surface area contributed by atoms with E-state index in [2.05, 4.69) is 10.1 Å². The maximum absolute atomic E-state index is 13.9.